The van der Waals surface area contributed by atoms with E-state index in [1.165, 1.54) is 106 Å². The Morgan fingerprint density at radius 1 is 0.345 bits per heavy atom. The molecule has 0 saturated heterocycles. The number of rotatable bonds is 9. The fourth-order valence-corrected chi connectivity index (χ4v) is 23.0. The first-order valence-electron chi connectivity index (χ1n) is 30.9. The molecule has 0 radical (unpaired) electrons. The first-order valence-corrected chi connectivity index (χ1v) is 43.6. The van der Waals surface area contributed by atoms with Crippen LogP contribution < -0.4 is 19.6 Å². The Morgan fingerprint density at radius 2 is 0.552 bits per heavy atom. The van der Waals surface area contributed by atoms with E-state index in [9.17, 15) is 0 Å². The number of hydrogen-bond acceptors (Lipinski definition) is 4. The van der Waals surface area contributed by atoms with E-state index in [0.717, 1.165) is 11.1 Å². The van der Waals surface area contributed by atoms with Gasteiger partial charge in [0.25, 0.3) is 0 Å². The number of nitrogens with zero attached hydrogens (tertiary/aromatic N) is 4. The van der Waals surface area contributed by atoms with Crippen LogP contribution in [0.2, 0.25) is 0 Å². The van der Waals surface area contributed by atoms with Crippen molar-refractivity contribution in [1.29, 1.82) is 0 Å². The van der Waals surface area contributed by atoms with E-state index in [1.807, 2.05) is 69.9 Å². The molecule has 87 heavy (non-hydrogen) atoms. The molecule has 0 amide bonds. The van der Waals surface area contributed by atoms with Crippen molar-refractivity contribution in [3.63, 3.8) is 0 Å². The molecular weight excluding hydrogens is 1340 g/mol. The molecule has 0 N–H and O–H groups in total. The predicted molar refractivity (Wildman–Crippen MR) is 388 cm³/mol. The molecule has 0 bridgehead atoms. The molecule has 6 aromatic rings. The molecule has 6 aromatic carbocycles. The quantitative estimate of drug-likeness (QED) is 0.0812. The summed E-state index contributed by atoms with van der Waals surface area (Å²) in [5.74, 6) is 0. The molecule has 0 spiro atoms. The zero-order valence-corrected chi connectivity index (χ0v) is 62.4. The monoisotopic (exact) mass is 1450 g/mol. The zero-order chi connectivity index (χ0) is 61.2. The van der Waals surface area contributed by atoms with Gasteiger partial charge >= 0.3 is 147 Å². The van der Waals surface area contributed by atoms with Crippen molar-refractivity contribution in [1.82, 2.24) is 0 Å². The minimum atomic E-state index is -1.61. The van der Waals surface area contributed by atoms with E-state index in [1.54, 1.807) is 96.3 Å². The predicted octanol–water partition coefficient (Wildman–Crippen LogP) is 23.5. The van der Waals surface area contributed by atoms with Crippen molar-refractivity contribution in [3.05, 3.63) is 240 Å². The second-order valence-electron chi connectivity index (χ2n) is 24.4. The molecule has 4 nitrogen and oxygen atoms in total. The summed E-state index contributed by atoms with van der Waals surface area (Å²) in [6, 6.07) is 37.7. The Kier molecular flexibility index (Phi) is 31.8. The number of benzene rings is 6. The molecule has 5 aliphatic rings. The second-order valence-corrected chi connectivity index (χ2v) is 39.3. The molecule has 3 fully saturated rings. The normalized spacial score (nSPS) is 16.2. The Bertz CT molecular complexity index is 2770. The van der Waals surface area contributed by atoms with Crippen LogP contribution in [-0.2, 0) is 27.0 Å². The summed E-state index contributed by atoms with van der Waals surface area (Å²) in [6.07, 6.45) is 32.4. The number of hydrogen-bond donors (Lipinski definition) is 0. The van der Waals surface area contributed by atoms with Crippen molar-refractivity contribution in [2.75, 3.05) is 19.6 Å². The third-order valence-electron chi connectivity index (χ3n) is 17.1. The molecule has 11 rings (SSSR count). The Morgan fingerprint density at radius 3 is 0.747 bits per heavy atom. The summed E-state index contributed by atoms with van der Waals surface area (Å²) < 4.78 is 3.85. The fraction of sp³-hybridized carbons (Fsp3) is 0.395. The molecule has 2 aliphatic heterocycles. The van der Waals surface area contributed by atoms with Gasteiger partial charge in [0.1, 0.15) is 0 Å². The maximum absolute atomic E-state index is 5.67. The first-order chi connectivity index (χ1) is 40.8. The van der Waals surface area contributed by atoms with E-state index in [2.05, 4.69) is 189 Å². The first kappa shape index (κ1) is 74.3. The molecule has 0 unspecified atom stereocenters. The van der Waals surface area contributed by atoms with Crippen LogP contribution in [0.4, 0.5) is 22.7 Å². The van der Waals surface area contributed by atoms with Gasteiger partial charge in [-0.2, -0.15) is 0 Å². The van der Waals surface area contributed by atoms with Gasteiger partial charge in [-0.1, -0.05) is 90.0 Å². The van der Waals surface area contributed by atoms with Gasteiger partial charge in [-0.15, -0.1) is 13.3 Å². The Balaban J connectivity index is 0.000000205. The molecule has 3 aliphatic carbocycles. The van der Waals surface area contributed by atoms with Crippen molar-refractivity contribution in [2.24, 2.45) is 0 Å². The van der Waals surface area contributed by atoms with E-state index in [4.69, 9.17) is 38.8 Å². The second kappa shape index (κ2) is 37.2. The van der Waals surface area contributed by atoms with E-state index < -0.39 is 27.0 Å². The van der Waals surface area contributed by atoms with E-state index in [-0.39, 0.29) is 22.8 Å². The topological polar surface area (TPSA) is 13.0 Å². The molecule has 0 aromatic heterocycles. The standard InChI is InChI=1S/2C21H25N2.C18H33P.2C7H6.2CH3.4ClH.2Ru/c2*1-14-9-16(3)20(17(4)10-14)22-7-8-23(13-22)21-18(5)11-15(2)12-19(21)6;1-4-10-16(11-5-1)19(17-12-6-2-7-13-17)18-14-8-3-9-15-18;2*1-7-5-3-2-4-6-7;;;;;;;;/h2*7-13H,1-6H3;16-18H,1-15H2;2*1-6H;2*1H3;4*1H;;/q2*-1;;;;2*-1;;;;;2*+2/p-3. The molecule has 3 saturated carbocycles. The number of anilines is 4. The number of halogens is 4. The van der Waals surface area contributed by atoms with Gasteiger partial charge in [-0.05, 0) is 229 Å². The van der Waals surface area contributed by atoms with Gasteiger partial charge in [-0.25, -0.2) is 0 Å². The Labute approximate surface area is 556 Å². The van der Waals surface area contributed by atoms with Crippen molar-refractivity contribution in [3.8, 4) is 0 Å². The SMILES string of the molecule is C1CCC([PH+](C2CCCCC2)C2CCCCC2)CC1.Cc1cc(C)c(N2C=CN(c3c(C)cc(C)cc3C)[CH-]2)c(C)c1.Cc1cc(C)c(N2C=CN(c3c(C)cc(C)cc3C)[CH-]2)c(C)c1.[CH3-].[CH3-].[Cl][Ru]([Cl])=[CH]c1ccccc1.[Cl][Ru]([Cl])=[CH]c1ccccc1. The van der Waals surface area contributed by atoms with Crippen LogP contribution >= 0.6 is 46.7 Å². The molecule has 0 atom stereocenters. The summed E-state index contributed by atoms with van der Waals surface area (Å²) in [6.45, 7) is 30.4. The van der Waals surface area contributed by atoms with Crippen molar-refractivity contribution >= 4 is 78.7 Å². The van der Waals surface area contributed by atoms with Crippen molar-refractivity contribution < 1.29 is 27.0 Å². The maximum atomic E-state index is 5.67. The third-order valence-corrected chi connectivity index (χ3v) is 25.4. The summed E-state index contributed by atoms with van der Waals surface area (Å²) in [5.41, 5.74) is 26.7. The summed E-state index contributed by atoms with van der Waals surface area (Å²) >= 11 is -3.23. The van der Waals surface area contributed by atoms with Crippen LogP contribution in [0.3, 0.4) is 0 Å². The average Bonchev–Trinajstić information content (AvgIpc) is 3.59. The van der Waals surface area contributed by atoms with Crippen LogP contribution in [0.25, 0.3) is 0 Å². The number of aryl methyl sites for hydroxylation is 12. The van der Waals surface area contributed by atoms with Gasteiger partial charge in [0.15, 0.2) is 0 Å². The molecular formula is C76H102Cl4N4PRu2-3. The van der Waals surface area contributed by atoms with Crippen LogP contribution in [-0.4, -0.2) is 26.2 Å². The fourth-order valence-electron chi connectivity index (χ4n) is 14.1. The van der Waals surface area contributed by atoms with Crippen LogP contribution in [0.1, 0.15) is 174 Å². The van der Waals surface area contributed by atoms with Crippen LogP contribution in [0, 0.1) is 111 Å². The molecule has 478 valence electrons. The van der Waals surface area contributed by atoms with Gasteiger partial charge < -0.3 is 34.5 Å². The van der Waals surface area contributed by atoms with Crippen molar-refractivity contribution in [2.45, 2.75) is 196 Å². The van der Waals surface area contributed by atoms with Crippen LogP contribution in [0.15, 0.2) is 134 Å². The van der Waals surface area contributed by atoms with E-state index >= 15 is 0 Å². The van der Waals surface area contributed by atoms with Gasteiger partial charge in [0.2, 0.25) is 0 Å². The average molecular weight is 1450 g/mol. The van der Waals surface area contributed by atoms with Gasteiger partial charge in [0, 0.05) is 30.7 Å². The zero-order valence-electron chi connectivity index (χ0n) is 54.9. The van der Waals surface area contributed by atoms with Crippen LogP contribution in [0.5, 0.6) is 0 Å². The van der Waals surface area contributed by atoms with Gasteiger partial charge in [-0.3, -0.25) is 0 Å². The summed E-state index contributed by atoms with van der Waals surface area (Å²) in [4.78, 5) is 8.90. The summed E-state index contributed by atoms with van der Waals surface area (Å²) in [5, 5.41) is 0. The molecule has 2 heterocycles. The summed E-state index contributed by atoms with van der Waals surface area (Å²) in [7, 11) is 22.6. The minimum absolute atomic E-state index is 0. The van der Waals surface area contributed by atoms with E-state index in [0.29, 0.717) is 0 Å². The molecule has 11 heteroatoms. The van der Waals surface area contributed by atoms with Gasteiger partial charge in [0.05, 0.1) is 17.0 Å². The Hall–Kier alpha value is -3.42. The third kappa shape index (κ3) is 22.4.